The van der Waals surface area contributed by atoms with Gasteiger partial charge < -0.3 is 19.8 Å². The van der Waals surface area contributed by atoms with Gasteiger partial charge in [0.2, 0.25) is 5.91 Å². The number of quaternary nitrogens is 1. The number of amides is 1. The lowest BCUT2D eigenvalue weighted by molar-refractivity contribution is -0.870. The van der Waals surface area contributed by atoms with Crippen LogP contribution in [0.2, 0.25) is 0 Å². The summed E-state index contributed by atoms with van der Waals surface area (Å²) in [6.07, 6.45) is 26.8. The van der Waals surface area contributed by atoms with Crippen LogP contribution < -0.4 is 5.32 Å². The van der Waals surface area contributed by atoms with Crippen LogP contribution in [0.15, 0.2) is 24.3 Å². The largest absolute Gasteiger partial charge is 0.472 e. The number of aliphatic hydroxyl groups is 1. The number of phosphoric ester groups is 1. The summed E-state index contributed by atoms with van der Waals surface area (Å²) in [4.78, 5) is 22.8. The molecule has 9 heteroatoms. The highest BCUT2D eigenvalue weighted by atomic mass is 31.2. The van der Waals surface area contributed by atoms with Crippen molar-refractivity contribution in [1.82, 2.24) is 5.32 Å². The zero-order chi connectivity index (χ0) is 31.5. The van der Waals surface area contributed by atoms with E-state index in [4.69, 9.17) is 9.05 Å². The van der Waals surface area contributed by atoms with Crippen LogP contribution >= 0.6 is 7.82 Å². The van der Waals surface area contributed by atoms with Crippen LogP contribution in [-0.4, -0.2) is 73.4 Å². The molecule has 3 atom stereocenters. The number of nitrogens with zero attached hydrogens (tertiary/aromatic N) is 1. The Kier molecular flexibility index (Phi) is 25.7. The van der Waals surface area contributed by atoms with E-state index in [9.17, 15) is 19.4 Å². The smallest absolute Gasteiger partial charge is 0.387 e. The second-order valence-electron chi connectivity index (χ2n) is 12.5. The van der Waals surface area contributed by atoms with Crippen molar-refractivity contribution in [2.45, 2.75) is 142 Å². The van der Waals surface area contributed by atoms with Gasteiger partial charge in [-0.3, -0.25) is 13.8 Å². The summed E-state index contributed by atoms with van der Waals surface area (Å²) in [6.45, 7) is 4.68. The number of unbranched alkanes of at least 4 members (excludes halogenated alkanes) is 14. The van der Waals surface area contributed by atoms with E-state index in [1.807, 2.05) is 27.2 Å². The predicted molar refractivity (Wildman–Crippen MR) is 175 cm³/mol. The highest BCUT2D eigenvalue weighted by Crippen LogP contribution is 2.43. The summed E-state index contributed by atoms with van der Waals surface area (Å²) < 4.78 is 23.3. The third-order valence-electron chi connectivity index (χ3n) is 7.17. The Balaban J connectivity index is 4.60. The van der Waals surface area contributed by atoms with E-state index < -0.39 is 20.0 Å². The summed E-state index contributed by atoms with van der Waals surface area (Å²) in [7, 11) is 1.55. The Morgan fingerprint density at radius 3 is 1.88 bits per heavy atom. The number of carbonyl (C=O) groups is 1. The molecule has 3 N–H and O–H groups in total. The van der Waals surface area contributed by atoms with Crippen LogP contribution in [0.25, 0.3) is 0 Å². The number of nitrogens with one attached hydrogen (secondary N) is 1. The molecule has 0 aliphatic rings. The first kappa shape index (κ1) is 41.0. The second-order valence-corrected chi connectivity index (χ2v) is 14.0. The van der Waals surface area contributed by atoms with Crippen LogP contribution in [-0.2, 0) is 18.4 Å². The molecular formula is C33H66N2O6P+. The quantitative estimate of drug-likeness (QED) is 0.0342. The fraction of sp³-hybridized carbons (Fsp3) is 0.848. The molecule has 0 saturated carbocycles. The average molecular weight is 618 g/mol. The molecule has 0 saturated heterocycles. The van der Waals surface area contributed by atoms with Crippen LogP contribution in [0.1, 0.15) is 129 Å². The predicted octanol–water partition coefficient (Wildman–Crippen LogP) is 7.85. The minimum absolute atomic E-state index is 0.0570. The van der Waals surface area contributed by atoms with Gasteiger partial charge in [-0.2, -0.15) is 0 Å². The number of phosphoric acid groups is 1. The molecule has 8 nitrogen and oxygen atoms in total. The number of hydrogen-bond acceptors (Lipinski definition) is 5. The first-order valence-corrected chi connectivity index (χ1v) is 18.2. The first-order valence-electron chi connectivity index (χ1n) is 16.7. The molecule has 3 unspecified atom stereocenters. The number of likely N-dealkylation sites (N-methyl/N-ethyl adjacent to an activating group) is 1. The number of hydrogen-bond donors (Lipinski definition) is 3. The molecule has 1 amide bonds. The van der Waals surface area contributed by atoms with E-state index >= 15 is 0 Å². The molecular weight excluding hydrogens is 551 g/mol. The van der Waals surface area contributed by atoms with Gasteiger partial charge in [-0.1, -0.05) is 122 Å². The van der Waals surface area contributed by atoms with E-state index in [1.165, 1.54) is 70.6 Å². The summed E-state index contributed by atoms with van der Waals surface area (Å²) in [5, 5.41) is 13.6. The minimum Gasteiger partial charge on any atom is -0.387 e. The molecule has 0 spiro atoms. The summed E-state index contributed by atoms with van der Waals surface area (Å²) in [5.41, 5.74) is 0. The van der Waals surface area contributed by atoms with Gasteiger partial charge in [0.15, 0.2) is 0 Å². The topological polar surface area (TPSA) is 105 Å². The third kappa shape index (κ3) is 27.8. The van der Waals surface area contributed by atoms with Gasteiger partial charge in [0, 0.05) is 6.42 Å². The van der Waals surface area contributed by atoms with Gasteiger partial charge in [0.1, 0.15) is 13.2 Å². The van der Waals surface area contributed by atoms with Gasteiger partial charge >= 0.3 is 7.82 Å². The average Bonchev–Trinajstić information content (AvgIpc) is 2.92. The molecule has 0 aromatic rings. The fourth-order valence-electron chi connectivity index (χ4n) is 4.39. The molecule has 0 rings (SSSR count). The number of carbonyl (C=O) groups excluding carboxylic acids is 1. The van der Waals surface area contributed by atoms with E-state index in [2.05, 4.69) is 31.3 Å². The summed E-state index contributed by atoms with van der Waals surface area (Å²) in [5.74, 6) is -0.194. The fourth-order valence-corrected chi connectivity index (χ4v) is 5.13. The van der Waals surface area contributed by atoms with Gasteiger partial charge in [-0.05, 0) is 25.7 Å². The SMILES string of the molecule is CCCC/C=C/CC/C=C/C(O)C(COP(=O)(O)OCC[N+](C)(C)C)NC(=O)CCCCCCCCCCCCCC. The molecule has 0 aromatic heterocycles. The number of allylic oxidation sites excluding steroid dienone is 3. The lowest BCUT2D eigenvalue weighted by Gasteiger charge is -2.25. The highest BCUT2D eigenvalue weighted by molar-refractivity contribution is 7.47. The maximum Gasteiger partial charge on any atom is 0.472 e. The zero-order valence-electron chi connectivity index (χ0n) is 27.7. The Morgan fingerprint density at radius 1 is 0.786 bits per heavy atom. The molecule has 0 aliphatic carbocycles. The Morgan fingerprint density at radius 2 is 1.31 bits per heavy atom. The van der Waals surface area contributed by atoms with Crippen LogP contribution in [0.5, 0.6) is 0 Å². The number of rotatable bonds is 29. The van der Waals surface area contributed by atoms with Crippen LogP contribution in [0.4, 0.5) is 0 Å². The molecule has 0 aromatic carbocycles. The maximum absolute atomic E-state index is 12.7. The van der Waals surface area contributed by atoms with Gasteiger partial charge in [0.05, 0.1) is 39.9 Å². The van der Waals surface area contributed by atoms with Gasteiger partial charge in [-0.25, -0.2) is 4.57 Å². The van der Waals surface area contributed by atoms with Crippen LogP contribution in [0, 0.1) is 0 Å². The molecule has 0 fully saturated rings. The van der Waals surface area contributed by atoms with E-state index in [0.29, 0.717) is 17.4 Å². The molecule has 0 heterocycles. The molecule has 0 bridgehead atoms. The van der Waals surface area contributed by atoms with Crippen molar-refractivity contribution in [3.05, 3.63) is 24.3 Å². The van der Waals surface area contributed by atoms with Crippen molar-refractivity contribution >= 4 is 13.7 Å². The van der Waals surface area contributed by atoms with E-state index in [1.54, 1.807) is 6.08 Å². The van der Waals surface area contributed by atoms with Crippen molar-refractivity contribution in [2.75, 3.05) is 40.9 Å². The van der Waals surface area contributed by atoms with Crippen molar-refractivity contribution in [3.63, 3.8) is 0 Å². The Hall–Kier alpha value is -1.02. The first-order chi connectivity index (χ1) is 20.0. The van der Waals surface area contributed by atoms with Crippen molar-refractivity contribution in [1.29, 1.82) is 0 Å². The van der Waals surface area contributed by atoms with E-state index in [-0.39, 0.29) is 19.1 Å². The molecule has 248 valence electrons. The van der Waals surface area contributed by atoms with Crippen molar-refractivity contribution in [3.8, 4) is 0 Å². The molecule has 42 heavy (non-hydrogen) atoms. The standard InChI is InChI=1S/C33H65N2O6P/c1-6-8-10-12-14-16-17-18-19-21-23-25-27-33(37)34-31(30-41-42(38,39)40-29-28-35(3,4)5)32(36)26-24-22-20-15-13-11-9-7-2/h13,15,24,26,31-32,36H,6-12,14,16-23,25,27-30H2,1-5H3,(H-,34,37,38,39)/p+1/b15-13+,26-24+. The monoisotopic (exact) mass is 617 g/mol. The summed E-state index contributed by atoms with van der Waals surface area (Å²) >= 11 is 0. The lowest BCUT2D eigenvalue weighted by atomic mass is 10.0. The third-order valence-corrected chi connectivity index (χ3v) is 8.16. The molecule has 0 aliphatic heterocycles. The van der Waals surface area contributed by atoms with Crippen molar-refractivity contribution in [2.24, 2.45) is 0 Å². The minimum atomic E-state index is -4.32. The van der Waals surface area contributed by atoms with Crippen molar-refractivity contribution < 1.29 is 32.9 Å². The summed E-state index contributed by atoms with van der Waals surface area (Å²) in [6, 6.07) is -0.853. The maximum atomic E-state index is 12.7. The lowest BCUT2D eigenvalue weighted by Crippen LogP contribution is -2.45. The molecule has 0 radical (unpaired) electrons. The van der Waals surface area contributed by atoms with Gasteiger partial charge in [0.25, 0.3) is 0 Å². The number of aliphatic hydroxyl groups excluding tert-OH is 1. The Bertz CT molecular complexity index is 753. The normalized spacial score (nSPS) is 15.3. The highest BCUT2D eigenvalue weighted by Gasteiger charge is 2.27. The Labute approximate surface area is 258 Å². The zero-order valence-corrected chi connectivity index (χ0v) is 28.6. The second kappa shape index (κ2) is 26.4. The van der Waals surface area contributed by atoms with Crippen LogP contribution in [0.3, 0.4) is 0 Å². The van der Waals surface area contributed by atoms with Gasteiger partial charge in [-0.15, -0.1) is 0 Å². The van der Waals surface area contributed by atoms with E-state index in [0.717, 1.165) is 38.5 Å².